The number of hydrogen-bond acceptors (Lipinski definition) is 4. The smallest absolute Gasteiger partial charge is 0.244 e. The van der Waals surface area contributed by atoms with Crippen molar-refractivity contribution in [3.63, 3.8) is 0 Å². The molecule has 1 rings (SSSR count). The number of sulfonamides is 1. The summed E-state index contributed by atoms with van der Waals surface area (Å²) in [7, 11) is -3.32. The number of benzene rings is 1. The molecule has 1 unspecified atom stereocenters. The highest BCUT2D eigenvalue weighted by Gasteiger charge is 2.27. The molecule has 6 nitrogen and oxygen atoms in total. The minimum atomic E-state index is -3.32. The molecule has 0 fully saturated rings. The van der Waals surface area contributed by atoms with Crippen LogP contribution in [0.3, 0.4) is 0 Å². The summed E-state index contributed by atoms with van der Waals surface area (Å²) < 4.78 is 25.7. The van der Waals surface area contributed by atoms with Gasteiger partial charge in [0.05, 0.1) is 17.0 Å². The Labute approximate surface area is 132 Å². The summed E-state index contributed by atoms with van der Waals surface area (Å²) in [5.74, 6) is -0.247. The van der Waals surface area contributed by atoms with E-state index in [4.69, 9.17) is 5.73 Å². The zero-order valence-corrected chi connectivity index (χ0v) is 14.4. The molecule has 0 aliphatic heterocycles. The first-order valence-corrected chi connectivity index (χ1v) is 8.98. The van der Waals surface area contributed by atoms with E-state index < -0.39 is 15.6 Å². The van der Waals surface area contributed by atoms with E-state index in [0.717, 1.165) is 12.0 Å². The molecule has 0 spiro atoms. The monoisotopic (exact) mass is 327 g/mol. The van der Waals surface area contributed by atoms with Crippen LogP contribution in [0.25, 0.3) is 0 Å². The summed E-state index contributed by atoms with van der Waals surface area (Å²) >= 11 is 0. The van der Waals surface area contributed by atoms with Crippen molar-refractivity contribution in [2.75, 3.05) is 15.8 Å². The van der Waals surface area contributed by atoms with Crippen LogP contribution in [0, 0.1) is 6.92 Å². The van der Waals surface area contributed by atoms with E-state index in [9.17, 15) is 13.2 Å². The Balaban J connectivity index is 2.88. The van der Waals surface area contributed by atoms with Gasteiger partial charge in [0.2, 0.25) is 15.9 Å². The van der Waals surface area contributed by atoms with Crippen molar-refractivity contribution in [2.24, 2.45) is 5.73 Å². The lowest BCUT2D eigenvalue weighted by Crippen LogP contribution is -2.48. The van der Waals surface area contributed by atoms with Crippen molar-refractivity contribution in [3.05, 3.63) is 23.8 Å². The molecular formula is C15H25N3O3S. The van der Waals surface area contributed by atoms with Gasteiger partial charge in [-0.25, -0.2) is 8.42 Å². The molecule has 0 saturated heterocycles. The second-order valence-corrected chi connectivity index (χ2v) is 7.67. The van der Waals surface area contributed by atoms with Gasteiger partial charge in [-0.1, -0.05) is 13.3 Å². The van der Waals surface area contributed by atoms with Gasteiger partial charge in [0.25, 0.3) is 0 Å². The second kappa shape index (κ2) is 7.11. The van der Waals surface area contributed by atoms with Crippen LogP contribution in [0.5, 0.6) is 0 Å². The number of carbonyl (C=O) groups excluding carboxylic acids is 1. The first-order chi connectivity index (χ1) is 10.1. The molecule has 0 aliphatic rings. The van der Waals surface area contributed by atoms with Crippen LogP contribution < -0.4 is 15.8 Å². The number of nitrogens with one attached hydrogen (secondary N) is 2. The number of carbonyl (C=O) groups is 1. The molecule has 0 aromatic heterocycles. The number of amides is 1. The molecule has 0 saturated carbocycles. The molecule has 0 heterocycles. The van der Waals surface area contributed by atoms with Crippen LogP contribution in [-0.2, 0) is 14.8 Å². The van der Waals surface area contributed by atoms with Gasteiger partial charge in [-0.2, -0.15) is 0 Å². The van der Waals surface area contributed by atoms with Gasteiger partial charge in [-0.05, 0) is 51.0 Å². The molecule has 1 amide bonds. The van der Waals surface area contributed by atoms with Crippen LogP contribution >= 0.6 is 0 Å². The van der Waals surface area contributed by atoms with Gasteiger partial charge < -0.3 is 11.1 Å². The Kier molecular flexibility index (Phi) is 5.96. The number of rotatable bonds is 7. The maximum Gasteiger partial charge on any atom is 0.244 e. The Hall–Kier alpha value is -1.60. The maximum absolute atomic E-state index is 12.1. The lowest BCUT2D eigenvalue weighted by Gasteiger charge is -2.23. The van der Waals surface area contributed by atoms with Crippen LogP contribution in [0.15, 0.2) is 18.2 Å². The second-order valence-electron chi connectivity index (χ2n) is 5.66. The summed E-state index contributed by atoms with van der Waals surface area (Å²) in [6.45, 7) is 7.01. The van der Waals surface area contributed by atoms with Gasteiger partial charge in [-0.3, -0.25) is 9.52 Å². The number of nitrogens with two attached hydrogens (primary N) is 1. The van der Waals surface area contributed by atoms with E-state index in [1.807, 2.05) is 6.92 Å². The van der Waals surface area contributed by atoms with Gasteiger partial charge in [-0.15, -0.1) is 0 Å². The predicted octanol–water partition coefficient (Wildman–Crippen LogP) is 2.21. The predicted molar refractivity (Wildman–Crippen MR) is 90.4 cm³/mol. The van der Waals surface area contributed by atoms with Gasteiger partial charge in [0.1, 0.15) is 0 Å². The third kappa shape index (κ3) is 4.99. The van der Waals surface area contributed by atoms with Crippen molar-refractivity contribution in [2.45, 2.75) is 46.1 Å². The molecule has 1 aromatic rings. The average Bonchev–Trinajstić information content (AvgIpc) is 2.41. The van der Waals surface area contributed by atoms with E-state index in [0.29, 0.717) is 17.8 Å². The van der Waals surface area contributed by atoms with Gasteiger partial charge in [0, 0.05) is 5.69 Å². The normalized spacial score (nSPS) is 14.2. The van der Waals surface area contributed by atoms with E-state index in [1.165, 1.54) is 0 Å². The van der Waals surface area contributed by atoms with Crippen LogP contribution in [0.2, 0.25) is 0 Å². The third-order valence-corrected chi connectivity index (χ3v) is 4.71. The Morgan fingerprint density at radius 1 is 1.32 bits per heavy atom. The summed E-state index contributed by atoms with van der Waals surface area (Å²) in [6, 6.07) is 5.00. The maximum atomic E-state index is 12.1. The van der Waals surface area contributed by atoms with Crippen LogP contribution in [0.4, 0.5) is 11.4 Å². The molecule has 0 aliphatic carbocycles. The number of hydrogen-bond donors (Lipinski definition) is 3. The highest BCUT2D eigenvalue weighted by Crippen LogP contribution is 2.22. The zero-order valence-electron chi connectivity index (χ0n) is 13.6. The largest absolute Gasteiger partial charge is 0.324 e. The van der Waals surface area contributed by atoms with E-state index in [2.05, 4.69) is 10.0 Å². The topological polar surface area (TPSA) is 101 Å². The van der Waals surface area contributed by atoms with Crippen molar-refractivity contribution in [3.8, 4) is 0 Å². The Bertz CT molecular complexity index is 639. The van der Waals surface area contributed by atoms with Gasteiger partial charge >= 0.3 is 0 Å². The summed E-state index contributed by atoms with van der Waals surface area (Å²) in [5.41, 5.74) is 6.88. The summed E-state index contributed by atoms with van der Waals surface area (Å²) in [4.78, 5) is 12.1. The van der Waals surface area contributed by atoms with Crippen molar-refractivity contribution in [1.82, 2.24) is 0 Å². The van der Waals surface area contributed by atoms with Gasteiger partial charge in [0.15, 0.2) is 0 Å². The van der Waals surface area contributed by atoms with Crippen molar-refractivity contribution in [1.29, 1.82) is 0 Å². The zero-order chi connectivity index (χ0) is 17.0. The highest BCUT2D eigenvalue weighted by atomic mass is 32.2. The van der Waals surface area contributed by atoms with Crippen molar-refractivity contribution < 1.29 is 13.2 Å². The minimum absolute atomic E-state index is 0.00741. The summed E-state index contributed by atoms with van der Waals surface area (Å²) in [6.07, 6.45) is 1.41. The molecule has 124 valence electrons. The minimum Gasteiger partial charge on any atom is -0.324 e. The quantitative estimate of drug-likeness (QED) is 0.714. The molecule has 1 aromatic carbocycles. The number of anilines is 2. The third-order valence-electron chi connectivity index (χ3n) is 3.42. The molecule has 0 radical (unpaired) electrons. The summed E-state index contributed by atoms with van der Waals surface area (Å²) in [5, 5.41) is 2.77. The molecule has 4 N–H and O–H groups in total. The van der Waals surface area contributed by atoms with E-state index >= 15 is 0 Å². The van der Waals surface area contributed by atoms with Crippen molar-refractivity contribution >= 4 is 27.3 Å². The fourth-order valence-corrected chi connectivity index (χ4v) is 2.71. The first-order valence-electron chi connectivity index (χ1n) is 7.32. The number of aryl methyl sites for hydroxylation is 1. The fraction of sp³-hybridized carbons (Fsp3) is 0.533. The average molecular weight is 327 g/mol. The fourth-order valence-electron chi connectivity index (χ4n) is 2.00. The Morgan fingerprint density at radius 2 is 1.95 bits per heavy atom. The SMILES string of the molecule is CCCC(C)(N)C(=O)Nc1ccc(NS(=O)(=O)CC)c(C)c1. The Morgan fingerprint density at radius 3 is 2.45 bits per heavy atom. The van der Waals surface area contributed by atoms with Crippen LogP contribution in [0.1, 0.15) is 39.2 Å². The molecule has 22 heavy (non-hydrogen) atoms. The van der Waals surface area contributed by atoms with Crippen LogP contribution in [-0.4, -0.2) is 25.6 Å². The molecule has 0 bridgehead atoms. The highest BCUT2D eigenvalue weighted by molar-refractivity contribution is 7.92. The molecule has 7 heteroatoms. The lowest BCUT2D eigenvalue weighted by molar-refractivity contribution is -0.120. The first kappa shape index (κ1) is 18.4. The molecular weight excluding hydrogens is 302 g/mol. The standard InChI is InChI=1S/C15H25N3O3S/c1-5-9-15(4,16)14(19)17-12-7-8-13(11(3)10-12)18-22(20,21)6-2/h7-8,10,18H,5-6,9,16H2,1-4H3,(H,17,19). The van der Waals surface area contributed by atoms with E-state index in [-0.39, 0.29) is 11.7 Å². The van der Waals surface area contributed by atoms with E-state index in [1.54, 1.807) is 39.0 Å². The molecule has 1 atom stereocenters. The lowest BCUT2D eigenvalue weighted by atomic mass is 9.96.